The summed E-state index contributed by atoms with van der Waals surface area (Å²) < 4.78 is 0. The van der Waals surface area contributed by atoms with Gasteiger partial charge in [0, 0.05) is 29.4 Å². The van der Waals surface area contributed by atoms with Crippen molar-refractivity contribution < 1.29 is 9.59 Å². The van der Waals surface area contributed by atoms with E-state index in [0.717, 1.165) is 35.2 Å². The van der Waals surface area contributed by atoms with Gasteiger partial charge in [0.1, 0.15) is 9.71 Å². The lowest BCUT2D eigenvalue weighted by atomic mass is 9.96. The Morgan fingerprint density at radius 2 is 1.66 bits per heavy atom. The molecule has 4 N–H and O–H groups in total. The lowest BCUT2D eigenvalue weighted by Gasteiger charge is -2.12. The van der Waals surface area contributed by atoms with Gasteiger partial charge in [-0.1, -0.05) is 12.8 Å². The summed E-state index contributed by atoms with van der Waals surface area (Å²) in [6.07, 6.45) is 6.85. The molecule has 0 aliphatic heterocycles. The Labute approximate surface area is 173 Å². The van der Waals surface area contributed by atoms with Crippen molar-refractivity contribution in [2.45, 2.75) is 45.4 Å². The van der Waals surface area contributed by atoms with Crippen molar-refractivity contribution in [3.63, 3.8) is 0 Å². The minimum absolute atomic E-state index is 0.138. The highest BCUT2D eigenvalue weighted by Gasteiger charge is 2.20. The number of thiophene rings is 1. The lowest BCUT2D eigenvalue weighted by molar-refractivity contribution is -0.114. The van der Waals surface area contributed by atoms with Crippen LogP contribution < -0.4 is 16.4 Å². The SMILES string of the molecule is CC(=O)Nc1ccc(NC(=O)c2sc3nc4c(cc3c2N)CCCCCC4)cc1. The first-order valence-electron chi connectivity index (χ1n) is 9.91. The number of anilines is 3. The van der Waals surface area contributed by atoms with Gasteiger partial charge in [0.05, 0.1) is 5.69 Å². The van der Waals surface area contributed by atoms with Gasteiger partial charge < -0.3 is 16.4 Å². The molecule has 29 heavy (non-hydrogen) atoms. The summed E-state index contributed by atoms with van der Waals surface area (Å²) >= 11 is 1.34. The molecule has 1 aliphatic rings. The zero-order valence-electron chi connectivity index (χ0n) is 16.4. The Kier molecular flexibility index (Phi) is 5.49. The quantitative estimate of drug-likeness (QED) is 0.583. The van der Waals surface area contributed by atoms with Gasteiger partial charge in [0.15, 0.2) is 0 Å². The number of nitrogens with two attached hydrogens (primary N) is 1. The van der Waals surface area contributed by atoms with E-state index in [4.69, 9.17) is 10.7 Å². The predicted octanol–water partition coefficient (Wildman–Crippen LogP) is 4.75. The molecule has 7 heteroatoms. The van der Waals surface area contributed by atoms with Crippen LogP contribution in [0.1, 0.15) is 53.5 Å². The summed E-state index contributed by atoms with van der Waals surface area (Å²) in [5, 5.41) is 6.46. The molecule has 0 unspecified atom stereocenters. The van der Waals surface area contributed by atoms with E-state index in [1.807, 2.05) is 0 Å². The number of nitrogens with one attached hydrogen (secondary N) is 2. The second-order valence-corrected chi connectivity index (χ2v) is 8.42. The first kappa shape index (κ1) is 19.4. The third kappa shape index (κ3) is 4.24. The number of nitrogens with zero attached hydrogens (tertiary/aromatic N) is 1. The molecule has 0 spiro atoms. The molecular formula is C22H24N4O2S. The van der Waals surface area contributed by atoms with Gasteiger partial charge in [-0.05, 0) is 61.6 Å². The molecule has 2 amide bonds. The minimum atomic E-state index is -0.245. The maximum atomic E-state index is 12.8. The molecule has 150 valence electrons. The van der Waals surface area contributed by atoms with Crippen molar-refractivity contribution in [1.29, 1.82) is 0 Å². The number of benzene rings is 1. The van der Waals surface area contributed by atoms with Crippen LogP contribution in [-0.2, 0) is 17.6 Å². The summed E-state index contributed by atoms with van der Waals surface area (Å²) in [5.41, 5.74) is 10.6. The lowest BCUT2D eigenvalue weighted by Crippen LogP contribution is -2.12. The number of nitrogen functional groups attached to an aromatic ring is 1. The maximum absolute atomic E-state index is 12.8. The number of hydrogen-bond donors (Lipinski definition) is 3. The van der Waals surface area contributed by atoms with Crippen LogP contribution in [0.25, 0.3) is 10.2 Å². The van der Waals surface area contributed by atoms with E-state index in [1.54, 1.807) is 24.3 Å². The van der Waals surface area contributed by atoms with E-state index in [0.29, 0.717) is 21.9 Å². The van der Waals surface area contributed by atoms with Crippen molar-refractivity contribution in [3.05, 3.63) is 46.5 Å². The van der Waals surface area contributed by atoms with E-state index < -0.39 is 0 Å². The molecular weight excluding hydrogens is 384 g/mol. The molecule has 0 radical (unpaired) electrons. The van der Waals surface area contributed by atoms with E-state index >= 15 is 0 Å². The van der Waals surface area contributed by atoms with Crippen LogP contribution in [0.5, 0.6) is 0 Å². The molecule has 1 aromatic carbocycles. The van der Waals surface area contributed by atoms with Gasteiger partial charge in [-0.2, -0.15) is 0 Å². The standard InChI is InChI=1S/C22H24N4O2S/c1-13(27)24-15-8-10-16(11-9-15)25-21(28)20-19(23)17-12-14-6-4-2-3-5-7-18(14)26-22(17)29-20/h8-12H,2-7,23H2,1H3,(H,24,27)(H,25,28). The average molecular weight is 409 g/mol. The van der Waals surface area contributed by atoms with Crippen molar-refractivity contribution in [3.8, 4) is 0 Å². The zero-order valence-corrected chi connectivity index (χ0v) is 17.2. The smallest absolute Gasteiger partial charge is 0.267 e. The van der Waals surface area contributed by atoms with Gasteiger partial charge >= 0.3 is 0 Å². The molecule has 6 nitrogen and oxygen atoms in total. The number of pyridine rings is 1. The van der Waals surface area contributed by atoms with Crippen LogP contribution in [-0.4, -0.2) is 16.8 Å². The zero-order chi connectivity index (χ0) is 20.4. The normalized spacial score (nSPS) is 14.0. The number of aromatic nitrogens is 1. The van der Waals surface area contributed by atoms with Crippen LogP contribution in [0.2, 0.25) is 0 Å². The maximum Gasteiger partial charge on any atom is 0.267 e. The summed E-state index contributed by atoms with van der Waals surface area (Å²) in [6, 6.07) is 9.11. The van der Waals surface area contributed by atoms with E-state index in [2.05, 4.69) is 16.7 Å². The number of fused-ring (bicyclic) bond motifs is 2. The molecule has 0 atom stereocenters. The summed E-state index contributed by atoms with van der Waals surface area (Å²) in [7, 11) is 0. The van der Waals surface area contributed by atoms with Crippen LogP contribution >= 0.6 is 11.3 Å². The fourth-order valence-electron chi connectivity index (χ4n) is 3.71. The number of hydrogen-bond acceptors (Lipinski definition) is 5. The monoisotopic (exact) mass is 408 g/mol. The largest absolute Gasteiger partial charge is 0.397 e. The molecule has 0 saturated carbocycles. The van der Waals surface area contributed by atoms with Gasteiger partial charge in [-0.3, -0.25) is 9.59 Å². The second kappa shape index (κ2) is 8.21. The average Bonchev–Trinajstić information content (AvgIpc) is 2.99. The van der Waals surface area contributed by atoms with Gasteiger partial charge in [0.2, 0.25) is 5.91 Å². The summed E-state index contributed by atoms with van der Waals surface area (Å²) in [5.74, 6) is -0.383. The Morgan fingerprint density at radius 3 is 2.34 bits per heavy atom. The fourth-order valence-corrected chi connectivity index (χ4v) is 4.70. The molecule has 2 heterocycles. The highest BCUT2D eigenvalue weighted by atomic mass is 32.1. The van der Waals surface area contributed by atoms with Crippen LogP contribution in [0, 0.1) is 0 Å². The van der Waals surface area contributed by atoms with Crippen molar-refractivity contribution >= 4 is 50.4 Å². The number of rotatable bonds is 3. The van der Waals surface area contributed by atoms with Crippen LogP contribution in [0.4, 0.5) is 17.1 Å². The number of aryl methyl sites for hydroxylation is 2. The van der Waals surface area contributed by atoms with Crippen molar-refractivity contribution in [2.75, 3.05) is 16.4 Å². The molecule has 3 aromatic rings. The number of amides is 2. The third-order valence-corrected chi connectivity index (χ3v) is 6.28. The minimum Gasteiger partial charge on any atom is -0.397 e. The molecule has 0 bridgehead atoms. The van der Waals surface area contributed by atoms with Crippen molar-refractivity contribution in [2.24, 2.45) is 0 Å². The Bertz CT molecular complexity index is 1070. The third-order valence-electron chi connectivity index (χ3n) is 5.17. The fraction of sp³-hybridized carbons (Fsp3) is 0.318. The molecule has 0 saturated heterocycles. The van der Waals surface area contributed by atoms with Gasteiger partial charge in [-0.25, -0.2) is 4.98 Å². The Balaban J connectivity index is 1.59. The molecule has 2 aromatic heterocycles. The highest BCUT2D eigenvalue weighted by Crippen LogP contribution is 2.35. The van der Waals surface area contributed by atoms with Crippen molar-refractivity contribution in [1.82, 2.24) is 4.98 Å². The number of carbonyl (C=O) groups is 2. The van der Waals surface area contributed by atoms with Gasteiger partial charge in [0.25, 0.3) is 5.91 Å². The first-order chi connectivity index (χ1) is 14.0. The van der Waals surface area contributed by atoms with Crippen LogP contribution in [0.15, 0.2) is 30.3 Å². The Morgan fingerprint density at radius 1 is 1.00 bits per heavy atom. The summed E-state index contributed by atoms with van der Waals surface area (Å²) in [6.45, 7) is 1.45. The first-order valence-corrected chi connectivity index (χ1v) is 10.7. The highest BCUT2D eigenvalue weighted by molar-refractivity contribution is 7.21. The van der Waals surface area contributed by atoms with Gasteiger partial charge in [-0.15, -0.1) is 11.3 Å². The van der Waals surface area contributed by atoms with E-state index in [9.17, 15) is 9.59 Å². The van der Waals surface area contributed by atoms with E-state index in [1.165, 1.54) is 43.1 Å². The number of carbonyl (C=O) groups excluding carboxylic acids is 2. The predicted molar refractivity (Wildman–Crippen MR) is 119 cm³/mol. The second-order valence-electron chi connectivity index (χ2n) is 7.42. The Hall–Kier alpha value is -2.93. The molecule has 1 aliphatic carbocycles. The molecule has 4 rings (SSSR count). The topological polar surface area (TPSA) is 97.1 Å². The molecule has 0 fully saturated rings. The summed E-state index contributed by atoms with van der Waals surface area (Å²) in [4.78, 5) is 30.1. The van der Waals surface area contributed by atoms with E-state index in [-0.39, 0.29) is 11.8 Å². The van der Waals surface area contributed by atoms with Crippen LogP contribution in [0.3, 0.4) is 0 Å².